The zero-order valence-corrected chi connectivity index (χ0v) is 8.96. The van der Waals surface area contributed by atoms with Crippen LogP contribution in [0.5, 0.6) is 0 Å². The first kappa shape index (κ1) is 10.4. The van der Waals surface area contributed by atoms with E-state index in [-0.39, 0.29) is 0 Å². The van der Waals surface area contributed by atoms with Gasteiger partial charge in [-0.1, -0.05) is 15.9 Å². The molecule has 0 radical (unpaired) electrons. The van der Waals surface area contributed by atoms with E-state index in [2.05, 4.69) is 25.7 Å². The van der Waals surface area contributed by atoms with Gasteiger partial charge < -0.3 is 5.11 Å². The normalized spacial score (nSPS) is 21.5. The van der Waals surface area contributed by atoms with E-state index in [9.17, 15) is 0 Å². The highest BCUT2D eigenvalue weighted by molar-refractivity contribution is 9.09. The van der Waals surface area contributed by atoms with Gasteiger partial charge in [0.05, 0.1) is 6.61 Å². The molecule has 0 bridgehead atoms. The summed E-state index contributed by atoms with van der Waals surface area (Å²) in [5, 5.41) is 9.79. The van der Waals surface area contributed by atoms with Crippen molar-refractivity contribution in [3.8, 4) is 0 Å². The van der Waals surface area contributed by atoms with Gasteiger partial charge in [-0.2, -0.15) is 0 Å². The predicted octanol–water partition coefficient (Wildman–Crippen LogP) is -0.00880. The van der Waals surface area contributed by atoms with Crippen molar-refractivity contribution in [2.75, 3.05) is 51.2 Å². The Morgan fingerprint density at radius 2 is 1.50 bits per heavy atom. The lowest BCUT2D eigenvalue weighted by Gasteiger charge is -2.33. The van der Waals surface area contributed by atoms with E-state index in [1.165, 1.54) is 0 Å². The van der Waals surface area contributed by atoms with Gasteiger partial charge >= 0.3 is 0 Å². The van der Waals surface area contributed by atoms with Crippen molar-refractivity contribution in [1.29, 1.82) is 0 Å². The third-order valence-corrected chi connectivity index (χ3v) is 2.64. The molecule has 1 fully saturated rings. The van der Waals surface area contributed by atoms with Gasteiger partial charge in [0.2, 0.25) is 0 Å². The van der Waals surface area contributed by atoms with Crippen LogP contribution in [0.25, 0.3) is 0 Å². The van der Waals surface area contributed by atoms with Crippen LogP contribution in [0.4, 0.5) is 0 Å². The second-order valence-corrected chi connectivity index (χ2v) is 3.89. The van der Waals surface area contributed by atoms with Crippen molar-refractivity contribution in [2.45, 2.75) is 0 Å². The Kier molecular flexibility index (Phi) is 5.14. The maximum Gasteiger partial charge on any atom is 0.0558 e. The first-order valence-electron chi connectivity index (χ1n) is 4.48. The van der Waals surface area contributed by atoms with Crippen LogP contribution in [0.15, 0.2) is 0 Å². The Morgan fingerprint density at radius 3 is 1.92 bits per heavy atom. The molecule has 0 aromatic rings. The van der Waals surface area contributed by atoms with E-state index in [1.54, 1.807) is 0 Å². The highest BCUT2D eigenvalue weighted by Crippen LogP contribution is 2.01. The molecule has 0 aliphatic carbocycles. The molecular formula is C8H17BrN2O. The summed E-state index contributed by atoms with van der Waals surface area (Å²) in [5.74, 6) is 0. The molecule has 0 amide bonds. The molecule has 0 atom stereocenters. The van der Waals surface area contributed by atoms with Crippen molar-refractivity contribution < 1.29 is 5.11 Å². The minimum atomic E-state index is 0.290. The molecule has 3 nitrogen and oxygen atoms in total. The third-order valence-electron chi connectivity index (χ3n) is 2.28. The molecule has 0 unspecified atom stereocenters. The molecular weight excluding hydrogens is 220 g/mol. The zero-order valence-electron chi connectivity index (χ0n) is 7.38. The van der Waals surface area contributed by atoms with Crippen LogP contribution in [0, 0.1) is 0 Å². The fourth-order valence-corrected chi connectivity index (χ4v) is 2.00. The highest BCUT2D eigenvalue weighted by atomic mass is 79.9. The number of hydrogen-bond acceptors (Lipinski definition) is 3. The van der Waals surface area contributed by atoms with Crippen LogP contribution < -0.4 is 0 Å². The van der Waals surface area contributed by atoms with Gasteiger partial charge in [0, 0.05) is 44.6 Å². The minimum Gasteiger partial charge on any atom is -0.395 e. The number of β-amino-alcohol motifs (C(OH)–C–C–N with tert-alkyl or cyclic N) is 1. The molecule has 4 heteroatoms. The Bertz CT molecular complexity index is 102. The van der Waals surface area contributed by atoms with Crippen LogP contribution in [0.1, 0.15) is 0 Å². The number of aliphatic hydroxyl groups excluding tert-OH is 1. The van der Waals surface area contributed by atoms with Crippen molar-refractivity contribution in [3.63, 3.8) is 0 Å². The minimum absolute atomic E-state index is 0.290. The summed E-state index contributed by atoms with van der Waals surface area (Å²) < 4.78 is 0. The molecule has 0 spiro atoms. The number of piperazine rings is 1. The number of halogens is 1. The number of aliphatic hydroxyl groups is 1. The van der Waals surface area contributed by atoms with E-state index in [4.69, 9.17) is 5.11 Å². The van der Waals surface area contributed by atoms with Crippen molar-refractivity contribution in [1.82, 2.24) is 9.80 Å². The molecule has 0 saturated carbocycles. The van der Waals surface area contributed by atoms with E-state index in [0.29, 0.717) is 6.61 Å². The lowest BCUT2D eigenvalue weighted by molar-refractivity contribution is 0.117. The smallest absolute Gasteiger partial charge is 0.0558 e. The highest BCUT2D eigenvalue weighted by Gasteiger charge is 2.14. The Balaban J connectivity index is 2.11. The lowest BCUT2D eigenvalue weighted by atomic mass is 10.3. The Morgan fingerprint density at radius 1 is 1.00 bits per heavy atom. The van der Waals surface area contributed by atoms with Gasteiger partial charge in [0.1, 0.15) is 0 Å². The van der Waals surface area contributed by atoms with E-state index < -0.39 is 0 Å². The van der Waals surface area contributed by atoms with Crippen LogP contribution in [0.3, 0.4) is 0 Å². The molecule has 1 rings (SSSR count). The molecule has 1 aliphatic rings. The Hall–Kier alpha value is 0.360. The molecule has 0 aromatic carbocycles. The maximum absolute atomic E-state index is 8.73. The largest absolute Gasteiger partial charge is 0.395 e. The summed E-state index contributed by atoms with van der Waals surface area (Å²) in [6.07, 6.45) is 0. The van der Waals surface area contributed by atoms with Crippen molar-refractivity contribution >= 4 is 15.9 Å². The quantitative estimate of drug-likeness (QED) is 0.697. The first-order chi connectivity index (χ1) is 5.86. The molecule has 72 valence electrons. The van der Waals surface area contributed by atoms with Crippen LogP contribution in [-0.2, 0) is 0 Å². The monoisotopic (exact) mass is 236 g/mol. The SMILES string of the molecule is OCCN1CCN(CCBr)CC1. The van der Waals surface area contributed by atoms with Crippen LogP contribution in [-0.4, -0.2) is 66.1 Å². The predicted molar refractivity (Wildman–Crippen MR) is 53.8 cm³/mol. The van der Waals surface area contributed by atoms with Gasteiger partial charge in [-0.25, -0.2) is 0 Å². The molecule has 0 aromatic heterocycles. The second-order valence-electron chi connectivity index (χ2n) is 3.10. The zero-order chi connectivity index (χ0) is 8.81. The van der Waals surface area contributed by atoms with E-state index in [1.807, 2.05) is 0 Å². The van der Waals surface area contributed by atoms with Crippen LogP contribution in [0.2, 0.25) is 0 Å². The topological polar surface area (TPSA) is 26.7 Å². The summed E-state index contributed by atoms with van der Waals surface area (Å²) in [7, 11) is 0. The van der Waals surface area contributed by atoms with E-state index in [0.717, 1.165) is 44.6 Å². The number of hydrogen-bond donors (Lipinski definition) is 1. The van der Waals surface area contributed by atoms with Gasteiger partial charge in [-0.3, -0.25) is 9.80 Å². The molecule has 12 heavy (non-hydrogen) atoms. The molecule has 1 heterocycles. The summed E-state index contributed by atoms with van der Waals surface area (Å²) in [4.78, 5) is 4.76. The lowest BCUT2D eigenvalue weighted by Crippen LogP contribution is -2.47. The summed E-state index contributed by atoms with van der Waals surface area (Å²) >= 11 is 3.44. The fourth-order valence-electron chi connectivity index (χ4n) is 1.50. The van der Waals surface area contributed by atoms with Gasteiger partial charge in [-0.15, -0.1) is 0 Å². The first-order valence-corrected chi connectivity index (χ1v) is 5.60. The molecule has 1 saturated heterocycles. The average molecular weight is 237 g/mol. The Labute approximate surface area is 82.5 Å². The number of rotatable bonds is 4. The van der Waals surface area contributed by atoms with Gasteiger partial charge in [0.15, 0.2) is 0 Å². The van der Waals surface area contributed by atoms with Gasteiger partial charge in [-0.05, 0) is 0 Å². The maximum atomic E-state index is 8.73. The summed E-state index contributed by atoms with van der Waals surface area (Å²) in [6.45, 7) is 6.77. The second kappa shape index (κ2) is 5.91. The standard InChI is InChI=1S/C8H17BrN2O/c9-1-2-10-3-5-11(6-4-10)7-8-12/h12H,1-8H2. The average Bonchev–Trinajstić information content (AvgIpc) is 2.09. The van der Waals surface area contributed by atoms with Crippen molar-refractivity contribution in [3.05, 3.63) is 0 Å². The molecule has 1 aliphatic heterocycles. The van der Waals surface area contributed by atoms with Crippen LogP contribution >= 0.6 is 15.9 Å². The van der Waals surface area contributed by atoms with Gasteiger partial charge in [0.25, 0.3) is 0 Å². The molecule has 1 N–H and O–H groups in total. The van der Waals surface area contributed by atoms with E-state index >= 15 is 0 Å². The van der Waals surface area contributed by atoms with Crippen molar-refractivity contribution in [2.24, 2.45) is 0 Å². The summed E-state index contributed by atoms with van der Waals surface area (Å²) in [6, 6.07) is 0. The third kappa shape index (κ3) is 3.39. The summed E-state index contributed by atoms with van der Waals surface area (Å²) in [5.41, 5.74) is 0. The number of nitrogens with zero attached hydrogens (tertiary/aromatic N) is 2. The number of alkyl halides is 1. The fraction of sp³-hybridized carbons (Fsp3) is 1.00.